The number of phosphoric ester groups is 2. The zero-order valence-corrected chi connectivity index (χ0v) is 61.8. The van der Waals surface area contributed by atoms with Crippen LogP contribution in [-0.4, -0.2) is 96.7 Å². The Morgan fingerprint density at radius 1 is 0.315 bits per heavy atom. The Labute approximate surface area is 562 Å². The summed E-state index contributed by atoms with van der Waals surface area (Å²) < 4.78 is 68.4. The maximum atomic E-state index is 13.1. The predicted octanol–water partition coefficient (Wildman–Crippen LogP) is 21.0. The van der Waals surface area contributed by atoms with E-state index >= 15 is 0 Å². The molecule has 0 aliphatic heterocycles. The minimum absolute atomic E-state index is 0.106. The van der Waals surface area contributed by atoms with Gasteiger partial charge in [0, 0.05) is 25.7 Å². The Kier molecular flexibility index (Phi) is 62.4. The molecule has 0 bridgehead atoms. The maximum absolute atomic E-state index is 13.1. The van der Waals surface area contributed by atoms with Crippen LogP contribution in [0, 0.1) is 17.8 Å². The average Bonchev–Trinajstić information content (AvgIpc) is 1.45. The van der Waals surface area contributed by atoms with Gasteiger partial charge in [-0.25, -0.2) is 9.13 Å². The number of rotatable bonds is 71. The first-order chi connectivity index (χ1) is 44.3. The highest BCUT2D eigenvalue weighted by molar-refractivity contribution is 7.47. The molecular formula is C73H142O17P2. The minimum Gasteiger partial charge on any atom is -0.462 e. The second-order valence-electron chi connectivity index (χ2n) is 27.5. The van der Waals surface area contributed by atoms with Crippen molar-refractivity contribution in [3.8, 4) is 0 Å². The Hall–Kier alpha value is -1.94. The normalized spacial score (nSPS) is 14.4. The van der Waals surface area contributed by atoms with Gasteiger partial charge in [-0.2, -0.15) is 0 Å². The van der Waals surface area contributed by atoms with E-state index in [-0.39, 0.29) is 25.7 Å². The highest BCUT2D eigenvalue weighted by Crippen LogP contribution is 2.45. The van der Waals surface area contributed by atoms with Crippen molar-refractivity contribution in [1.82, 2.24) is 0 Å². The van der Waals surface area contributed by atoms with Crippen molar-refractivity contribution < 1.29 is 80.2 Å². The van der Waals surface area contributed by atoms with Crippen molar-refractivity contribution in [2.24, 2.45) is 17.8 Å². The van der Waals surface area contributed by atoms with Gasteiger partial charge in [-0.15, -0.1) is 0 Å². The van der Waals surface area contributed by atoms with Gasteiger partial charge in [-0.3, -0.25) is 37.3 Å². The summed E-state index contributed by atoms with van der Waals surface area (Å²) in [6, 6.07) is 0. The van der Waals surface area contributed by atoms with Crippen LogP contribution in [0.5, 0.6) is 0 Å². The van der Waals surface area contributed by atoms with Crippen molar-refractivity contribution in [3.63, 3.8) is 0 Å². The fourth-order valence-electron chi connectivity index (χ4n) is 11.0. The molecule has 6 atom stereocenters. The third kappa shape index (κ3) is 65.4. The summed E-state index contributed by atoms with van der Waals surface area (Å²) in [5.41, 5.74) is 0. The number of carbonyl (C=O) groups excluding carboxylic acids is 4. The van der Waals surface area contributed by atoms with Crippen LogP contribution in [0.15, 0.2) is 0 Å². The third-order valence-electron chi connectivity index (χ3n) is 17.2. The summed E-state index contributed by atoms with van der Waals surface area (Å²) >= 11 is 0. The first-order valence-corrected chi connectivity index (χ1v) is 40.9. The van der Waals surface area contributed by atoms with E-state index in [0.29, 0.717) is 25.7 Å². The molecule has 546 valence electrons. The molecular weight excluding hydrogens is 1210 g/mol. The van der Waals surface area contributed by atoms with Crippen LogP contribution >= 0.6 is 15.6 Å². The molecule has 0 amide bonds. The zero-order chi connectivity index (χ0) is 68.0. The molecule has 3 unspecified atom stereocenters. The second-order valence-corrected chi connectivity index (χ2v) is 30.4. The Morgan fingerprint density at radius 2 is 0.554 bits per heavy atom. The number of unbranched alkanes of at least 4 members (excludes halogenated alkanes) is 38. The zero-order valence-electron chi connectivity index (χ0n) is 60.0. The molecule has 0 aliphatic carbocycles. The van der Waals surface area contributed by atoms with Crippen LogP contribution in [0.25, 0.3) is 0 Å². The second kappa shape index (κ2) is 63.8. The Morgan fingerprint density at radius 3 is 0.826 bits per heavy atom. The van der Waals surface area contributed by atoms with Crippen molar-refractivity contribution >= 4 is 39.5 Å². The number of hydrogen-bond acceptors (Lipinski definition) is 15. The van der Waals surface area contributed by atoms with Gasteiger partial charge in [0.05, 0.1) is 26.4 Å². The smallest absolute Gasteiger partial charge is 0.462 e. The number of ether oxygens (including phenoxy) is 4. The first kappa shape index (κ1) is 90.1. The van der Waals surface area contributed by atoms with E-state index in [4.69, 9.17) is 37.0 Å². The molecule has 0 aliphatic rings. The quantitative estimate of drug-likeness (QED) is 0.0222. The van der Waals surface area contributed by atoms with Crippen LogP contribution in [0.1, 0.15) is 370 Å². The van der Waals surface area contributed by atoms with E-state index in [1.54, 1.807) is 0 Å². The molecule has 3 N–H and O–H groups in total. The summed E-state index contributed by atoms with van der Waals surface area (Å²) in [4.78, 5) is 72.7. The van der Waals surface area contributed by atoms with Crippen LogP contribution in [0.2, 0.25) is 0 Å². The van der Waals surface area contributed by atoms with E-state index < -0.39 is 97.5 Å². The van der Waals surface area contributed by atoms with Gasteiger partial charge in [0.2, 0.25) is 0 Å². The van der Waals surface area contributed by atoms with Crippen molar-refractivity contribution in [2.45, 2.75) is 388 Å². The Balaban J connectivity index is 5.26. The highest BCUT2D eigenvalue weighted by Gasteiger charge is 2.30. The number of aliphatic hydroxyl groups excluding tert-OH is 1. The van der Waals surface area contributed by atoms with Crippen LogP contribution in [0.4, 0.5) is 0 Å². The van der Waals surface area contributed by atoms with Gasteiger partial charge < -0.3 is 33.8 Å². The molecule has 0 aromatic carbocycles. The van der Waals surface area contributed by atoms with Gasteiger partial charge in [0.1, 0.15) is 19.3 Å². The van der Waals surface area contributed by atoms with E-state index in [0.717, 1.165) is 114 Å². The molecule has 0 spiro atoms. The van der Waals surface area contributed by atoms with Crippen LogP contribution in [-0.2, 0) is 65.4 Å². The maximum Gasteiger partial charge on any atom is 0.472 e. The molecule has 0 fully saturated rings. The van der Waals surface area contributed by atoms with Gasteiger partial charge in [-0.1, -0.05) is 318 Å². The van der Waals surface area contributed by atoms with Crippen molar-refractivity contribution in [3.05, 3.63) is 0 Å². The van der Waals surface area contributed by atoms with E-state index in [9.17, 15) is 43.2 Å². The molecule has 0 rings (SSSR count). The number of carbonyl (C=O) groups is 4. The predicted molar refractivity (Wildman–Crippen MR) is 372 cm³/mol. The summed E-state index contributed by atoms with van der Waals surface area (Å²) in [5, 5.41) is 10.6. The monoisotopic (exact) mass is 1350 g/mol. The summed E-state index contributed by atoms with van der Waals surface area (Å²) in [5.74, 6) is 0.155. The van der Waals surface area contributed by atoms with Gasteiger partial charge in [0.15, 0.2) is 12.2 Å². The standard InChI is InChI=1S/C73H142O17P2/c1-8-10-11-12-13-14-15-17-21-28-33-42-49-56-73(78)90-69(61-84-71(76)55-48-41-36-35-39-46-53-66(7)9-2)63-88-92(81,82)86-59-67(74)58-85-91(79,80)87-62-68(60-83-70(75)54-47-40-32-27-24-23-26-31-38-45-52-65(5)6)89-72(77)57-50-43-34-29-22-19-16-18-20-25-30-37-44-51-64(3)4/h64-69,74H,8-63H2,1-7H3,(H,79,80)(H,81,82)/t66?,67-,68-,69-/m1/s1. The number of esters is 4. The molecule has 0 saturated carbocycles. The summed E-state index contributed by atoms with van der Waals surface area (Å²) in [7, 11) is -9.91. The highest BCUT2D eigenvalue weighted by atomic mass is 31.2. The number of aliphatic hydroxyl groups is 1. The van der Waals surface area contributed by atoms with Crippen LogP contribution < -0.4 is 0 Å². The third-order valence-corrected chi connectivity index (χ3v) is 19.1. The fourth-order valence-corrected chi connectivity index (χ4v) is 12.6. The van der Waals surface area contributed by atoms with Crippen LogP contribution in [0.3, 0.4) is 0 Å². The molecule has 0 heterocycles. The van der Waals surface area contributed by atoms with Crippen molar-refractivity contribution in [1.29, 1.82) is 0 Å². The fraction of sp³-hybridized carbons (Fsp3) is 0.945. The SMILES string of the molecule is CCCCCCCCCCCCCCCC(=O)O[C@H](COC(=O)CCCCCCCCC(C)CC)COP(=O)(O)OC[C@H](O)COP(=O)(O)OC[C@@H](COC(=O)CCCCCCCCCCCCC(C)C)OC(=O)CCCCCCCCCCCCCCCC(C)C. The molecule has 92 heavy (non-hydrogen) atoms. The van der Waals surface area contributed by atoms with E-state index in [2.05, 4.69) is 48.5 Å². The van der Waals surface area contributed by atoms with E-state index in [1.807, 2.05) is 0 Å². The van der Waals surface area contributed by atoms with Gasteiger partial charge in [0.25, 0.3) is 0 Å². The lowest BCUT2D eigenvalue weighted by Crippen LogP contribution is -2.30. The molecule has 17 nitrogen and oxygen atoms in total. The van der Waals surface area contributed by atoms with E-state index in [1.165, 1.54) is 173 Å². The summed E-state index contributed by atoms with van der Waals surface area (Å²) in [6.45, 7) is 11.8. The lowest BCUT2D eigenvalue weighted by molar-refractivity contribution is -0.161. The molecule has 0 aromatic rings. The number of hydrogen-bond donors (Lipinski definition) is 3. The lowest BCUT2D eigenvalue weighted by atomic mass is 10.00. The van der Waals surface area contributed by atoms with Gasteiger partial charge >= 0.3 is 39.5 Å². The first-order valence-electron chi connectivity index (χ1n) is 37.9. The molecule has 0 saturated heterocycles. The molecule has 0 aromatic heterocycles. The minimum atomic E-state index is -4.95. The molecule has 19 heteroatoms. The molecule has 0 radical (unpaired) electrons. The van der Waals surface area contributed by atoms with Gasteiger partial charge in [-0.05, 0) is 43.4 Å². The van der Waals surface area contributed by atoms with Crippen molar-refractivity contribution in [2.75, 3.05) is 39.6 Å². The Bertz CT molecular complexity index is 1800. The lowest BCUT2D eigenvalue weighted by Gasteiger charge is -2.21. The average molecular weight is 1350 g/mol. The number of phosphoric acid groups is 2. The summed E-state index contributed by atoms with van der Waals surface area (Å²) in [6.07, 6.45) is 48.5. The topological polar surface area (TPSA) is 237 Å². The largest absolute Gasteiger partial charge is 0.472 e.